The van der Waals surface area contributed by atoms with Crippen molar-refractivity contribution in [2.24, 2.45) is 5.92 Å². The van der Waals surface area contributed by atoms with Gasteiger partial charge >= 0.3 is 0 Å². The van der Waals surface area contributed by atoms with Crippen LogP contribution in [-0.2, 0) is 0 Å². The van der Waals surface area contributed by atoms with E-state index in [0.29, 0.717) is 11.0 Å². The lowest BCUT2D eigenvalue weighted by molar-refractivity contribution is 0.238. The molecule has 0 aliphatic heterocycles. The monoisotopic (exact) mass is 231 g/mol. The van der Waals surface area contributed by atoms with Crippen LogP contribution in [-0.4, -0.2) is 26.0 Å². The molecule has 0 spiro atoms. The molecule has 0 fully saturated rings. The van der Waals surface area contributed by atoms with E-state index in [4.69, 9.17) is 0 Å². The molecular weight excluding hydrogens is 202 g/mol. The minimum Gasteiger partial charge on any atom is -0.395 e. The van der Waals surface area contributed by atoms with Gasteiger partial charge in [0.1, 0.15) is 8.24 Å². The molecule has 0 aromatic heterocycles. The second kappa shape index (κ2) is 5.46. The molecule has 0 rings (SSSR count). The zero-order valence-electron chi connectivity index (χ0n) is 11.5. The molecule has 2 N–H and O–H groups in total. The molecule has 1 unspecified atom stereocenters. The summed E-state index contributed by atoms with van der Waals surface area (Å²) in [5.74, 6) is 0.638. The van der Waals surface area contributed by atoms with Gasteiger partial charge in [0.05, 0.1) is 6.61 Å². The van der Waals surface area contributed by atoms with Gasteiger partial charge in [-0.25, -0.2) is 0 Å². The molecule has 2 nitrogen and oxygen atoms in total. The molecule has 0 saturated heterocycles. The van der Waals surface area contributed by atoms with Crippen LogP contribution in [0.4, 0.5) is 0 Å². The maximum Gasteiger partial charge on any atom is 0.125 e. The molecule has 92 valence electrons. The lowest BCUT2D eigenvalue weighted by Gasteiger charge is -2.40. The Labute approximate surface area is 96.6 Å². The van der Waals surface area contributed by atoms with Gasteiger partial charge < -0.3 is 10.1 Å². The second-order valence-electron chi connectivity index (χ2n) is 6.53. The Morgan fingerprint density at radius 1 is 1.20 bits per heavy atom. The zero-order chi connectivity index (χ0) is 12.3. The van der Waals surface area contributed by atoms with Crippen LogP contribution in [0.2, 0.25) is 18.1 Å². The van der Waals surface area contributed by atoms with Gasteiger partial charge in [0, 0.05) is 6.04 Å². The maximum atomic E-state index is 9.36. The van der Waals surface area contributed by atoms with Gasteiger partial charge in [0.2, 0.25) is 0 Å². The molecule has 0 heterocycles. The van der Waals surface area contributed by atoms with Crippen molar-refractivity contribution in [2.45, 2.75) is 65.2 Å². The van der Waals surface area contributed by atoms with Gasteiger partial charge in [-0.1, -0.05) is 47.7 Å². The van der Waals surface area contributed by atoms with Gasteiger partial charge in [-0.2, -0.15) is 0 Å². The third-order valence-electron chi connectivity index (χ3n) is 3.42. The van der Waals surface area contributed by atoms with E-state index >= 15 is 0 Å². The van der Waals surface area contributed by atoms with E-state index in [-0.39, 0.29) is 12.6 Å². The van der Waals surface area contributed by atoms with Crippen LogP contribution >= 0.6 is 0 Å². The summed E-state index contributed by atoms with van der Waals surface area (Å²) in [4.78, 5) is 3.70. The van der Waals surface area contributed by atoms with E-state index in [0.717, 1.165) is 6.42 Å². The first-order chi connectivity index (χ1) is 6.60. The first-order valence-corrected chi connectivity index (χ1v) is 8.98. The van der Waals surface area contributed by atoms with Crippen LogP contribution < -0.4 is 4.98 Å². The summed E-state index contributed by atoms with van der Waals surface area (Å²) in [6.45, 7) is 16.2. The number of hydrogen-bond acceptors (Lipinski definition) is 2. The Bertz CT molecular complexity index is 185. The summed E-state index contributed by atoms with van der Waals surface area (Å²) in [5.41, 5.74) is 0. The normalized spacial score (nSPS) is 15.8. The standard InChI is InChI=1S/C12H29NOSi/c1-10(2)8-11(9-14)13-15(6,7)12(3,4)5/h10-11,13-14H,8-9H2,1-7H3. The Hall–Kier alpha value is 0.137. The van der Waals surface area contributed by atoms with Crippen molar-refractivity contribution < 1.29 is 5.11 Å². The Morgan fingerprint density at radius 2 is 1.67 bits per heavy atom. The van der Waals surface area contributed by atoms with E-state index < -0.39 is 8.24 Å². The number of aliphatic hydroxyl groups excluding tert-OH is 1. The highest BCUT2D eigenvalue weighted by molar-refractivity contribution is 6.77. The average molecular weight is 231 g/mol. The predicted molar refractivity (Wildman–Crippen MR) is 70.7 cm³/mol. The summed E-state index contributed by atoms with van der Waals surface area (Å²) in [6, 6.07) is 0.269. The van der Waals surface area contributed by atoms with Crippen LogP contribution in [0.5, 0.6) is 0 Å². The highest BCUT2D eigenvalue weighted by Gasteiger charge is 2.36. The number of hydrogen-bond donors (Lipinski definition) is 2. The predicted octanol–water partition coefficient (Wildman–Crippen LogP) is 2.99. The number of nitrogens with one attached hydrogen (secondary N) is 1. The van der Waals surface area contributed by atoms with Crippen LogP contribution in [0.3, 0.4) is 0 Å². The van der Waals surface area contributed by atoms with E-state index in [1.807, 2.05) is 0 Å². The molecule has 1 atom stereocenters. The van der Waals surface area contributed by atoms with Crippen molar-refractivity contribution in [1.29, 1.82) is 0 Å². The molecule has 0 amide bonds. The summed E-state index contributed by atoms with van der Waals surface area (Å²) in [5, 5.41) is 9.69. The topological polar surface area (TPSA) is 32.3 Å². The second-order valence-corrected chi connectivity index (χ2v) is 11.6. The van der Waals surface area contributed by atoms with E-state index in [1.54, 1.807) is 0 Å². The largest absolute Gasteiger partial charge is 0.395 e. The zero-order valence-corrected chi connectivity index (χ0v) is 12.5. The molecule has 0 bridgehead atoms. The van der Waals surface area contributed by atoms with Crippen molar-refractivity contribution in [3.8, 4) is 0 Å². The molecule has 0 radical (unpaired) electrons. The Balaban J connectivity index is 4.40. The van der Waals surface area contributed by atoms with Gasteiger partial charge in [0.25, 0.3) is 0 Å². The van der Waals surface area contributed by atoms with Gasteiger partial charge in [-0.05, 0) is 17.4 Å². The highest BCUT2D eigenvalue weighted by atomic mass is 28.3. The van der Waals surface area contributed by atoms with E-state index in [9.17, 15) is 5.11 Å². The average Bonchev–Trinajstić information content (AvgIpc) is 1.99. The van der Waals surface area contributed by atoms with Gasteiger partial charge in [0.15, 0.2) is 0 Å². The number of rotatable bonds is 5. The smallest absolute Gasteiger partial charge is 0.125 e. The molecule has 15 heavy (non-hydrogen) atoms. The fourth-order valence-corrected chi connectivity index (χ4v) is 3.14. The van der Waals surface area contributed by atoms with E-state index in [1.165, 1.54) is 0 Å². The lowest BCUT2D eigenvalue weighted by Crippen LogP contribution is -2.57. The summed E-state index contributed by atoms with van der Waals surface area (Å²) in [7, 11) is -1.47. The molecule has 0 saturated carbocycles. The lowest BCUT2D eigenvalue weighted by atomic mass is 10.1. The summed E-state index contributed by atoms with van der Waals surface area (Å²) in [6.07, 6.45) is 1.06. The third kappa shape index (κ3) is 5.14. The Morgan fingerprint density at radius 3 is 1.93 bits per heavy atom. The Kier molecular flexibility index (Phi) is 5.51. The third-order valence-corrected chi connectivity index (χ3v) is 8.30. The molecule has 3 heteroatoms. The van der Waals surface area contributed by atoms with E-state index in [2.05, 4.69) is 52.7 Å². The minimum absolute atomic E-state index is 0.255. The highest BCUT2D eigenvalue weighted by Crippen LogP contribution is 2.34. The fraction of sp³-hybridized carbons (Fsp3) is 1.00. The quantitative estimate of drug-likeness (QED) is 0.713. The van der Waals surface area contributed by atoms with Crippen molar-refractivity contribution in [1.82, 2.24) is 4.98 Å². The van der Waals surface area contributed by atoms with Crippen LogP contribution in [0, 0.1) is 5.92 Å². The van der Waals surface area contributed by atoms with Crippen molar-refractivity contribution in [3.05, 3.63) is 0 Å². The summed E-state index contributed by atoms with van der Waals surface area (Å²) >= 11 is 0. The molecular formula is C12H29NOSi. The molecule has 0 aromatic rings. The van der Waals surface area contributed by atoms with Crippen LogP contribution in [0.25, 0.3) is 0 Å². The van der Waals surface area contributed by atoms with Crippen molar-refractivity contribution >= 4 is 8.24 Å². The van der Waals surface area contributed by atoms with Gasteiger partial charge in [-0.15, -0.1) is 0 Å². The summed E-state index contributed by atoms with van der Waals surface area (Å²) < 4.78 is 0. The maximum absolute atomic E-state index is 9.36. The SMILES string of the molecule is CC(C)CC(CO)N[Si](C)(C)C(C)(C)C. The van der Waals surface area contributed by atoms with Crippen molar-refractivity contribution in [3.63, 3.8) is 0 Å². The molecule has 0 aliphatic rings. The van der Waals surface area contributed by atoms with Crippen LogP contribution in [0.1, 0.15) is 41.0 Å². The fourth-order valence-electron chi connectivity index (χ4n) is 1.47. The molecule has 0 aromatic carbocycles. The van der Waals surface area contributed by atoms with Gasteiger partial charge in [-0.3, -0.25) is 0 Å². The van der Waals surface area contributed by atoms with Crippen LogP contribution in [0.15, 0.2) is 0 Å². The van der Waals surface area contributed by atoms with Crippen molar-refractivity contribution in [2.75, 3.05) is 6.61 Å². The first kappa shape index (κ1) is 15.1. The minimum atomic E-state index is -1.47. The number of aliphatic hydroxyl groups is 1. The first-order valence-electron chi connectivity index (χ1n) is 5.98. The molecule has 0 aliphatic carbocycles.